The highest BCUT2D eigenvalue weighted by Gasteiger charge is 2.42. The second-order valence-electron chi connectivity index (χ2n) is 6.26. The molecule has 4 atom stereocenters. The van der Waals surface area contributed by atoms with Gasteiger partial charge in [0.2, 0.25) is 0 Å². The summed E-state index contributed by atoms with van der Waals surface area (Å²) in [5, 5.41) is 10.9. The topological polar surface area (TPSA) is 85.8 Å². The molecule has 20 heavy (non-hydrogen) atoms. The minimum absolute atomic E-state index is 0.122. The number of nitrogens with zero attached hydrogens (tertiary/aromatic N) is 3. The molecule has 2 saturated carbocycles. The van der Waals surface area contributed by atoms with Crippen LogP contribution in [0.2, 0.25) is 0 Å². The first-order valence-electron chi connectivity index (χ1n) is 7.58. The molecule has 2 aliphatic carbocycles. The highest BCUT2D eigenvalue weighted by atomic mass is 16.2. The van der Waals surface area contributed by atoms with E-state index in [4.69, 9.17) is 5.73 Å². The van der Waals surface area contributed by atoms with Crippen LogP contribution in [0.3, 0.4) is 0 Å². The molecule has 4 unspecified atom stereocenters. The second-order valence-corrected chi connectivity index (χ2v) is 6.26. The second kappa shape index (κ2) is 5.52. The third-order valence-electron chi connectivity index (χ3n) is 4.92. The number of aromatic nitrogens is 3. The Kier molecular flexibility index (Phi) is 3.74. The number of hydrogen-bond acceptors (Lipinski definition) is 4. The van der Waals surface area contributed by atoms with E-state index in [0.29, 0.717) is 24.7 Å². The quantitative estimate of drug-likeness (QED) is 0.833. The highest BCUT2D eigenvalue weighted by molar-refractivity contribution is 5.92. The van der Waals surface area contributed by atoms with E-state index in [1.165, 1.54) is 25.7 Å². The molecule has 6 nitrogen and oxygen atoms in total. The van der Waals surface area contributed by atoms with Crippen molar-refractivity contribution in [1.82, 2.24) is 20.3 Å². The molecule has 0 aromatic carbocycles. The molecule has 0 saturated heterocycles. The molecule has 3 N–H and O–H groups in total. The van der Waals surface area contributed by atoms with Gasteiger partial charge in [0.25, 0.3) is 5.91 Å². The van der Waals surface area contributed by atoms with Crippen LogP contribution in [0.1, 0.15) is 43.1 Å². The monoisotopic (exact) mass is 277 g/mol. The number of hydrogen-bond donors (Lipinski definition) is 2. The third kappa shape index (κ3) is 2.57. The van der Waals surface area contributed by atoms with E-state index in [1.807, 2.05) is 0 Å². The van der Waals surface area contributed by atoms with E-state index in [1.54, 1.807) is 10.9 Å². The Morgan fingerprint density at radius 1 is 1.55 bits per heavy atom. The Labute approximate surface area is 119 Å². The van der Waals surface area contributed by atoms with Crippen LogP contribution in [-0.4, -0.2) is 33.5 Å². The third-order valence-corrected chi connectivity index (χ3v) is 4.92. The number of fused-ring (bicyclic) bond motifs is 2. The predicted molar refractivity (Wildman–Crippen MR) is 74.9 cm³/mol. The lowest BCUT2D eigenvalue weighted by molar-refractivity contribution is 0.0910. The van der Waals surface area contributed by atoms with Crippen LogP contribution in [0, 0.1) is 17.8 Å². The molecule has 2 bridgehead atoms. The van der Waals surface area contributed by atoms with E-state index >= 15 is 0 Å². The lowest BCUT2D eigenvalue weighted by atomic mass is 9.84. The smallest absolute Gasteiger partial charge is 0.273 e. The normalized spacial score (nSPS) is 29.6. The van der Waals surface area contributed by atoms with Gasteiger partial charge in [0.15, 0.2) is 5.69 Å². The van der Waals surface area contributed by atoms with Crippen LogP contribution >= 0.6 is 0 Å². The molecule has 3 rings (SSSR count). The molecule has 110 valence electrons. The molecule has 0 aliphatic heterocycles. The summed E-state index contributed by atoms with van der Waals surface area (Å²) in [4.78, 5) is 12.2. The molecule has 2 fully saturated rings. The standard InChI is InChI=1S/C14H23N5O/c1-9(12-7-10-2-3-11(12)6-10)16-14(20)13-8-19(5-4-15)18-17-13/h8-12H,2-7,15H2,1H3,(H,16,20). The van der Waals surface area contributed by atoms with Crippen LogP contribution in [0.15, 0.2) is 6.20 Å². The van der Waals surface area contributed by atoms with Crippen molar-refractivity contribution in [1.29, 1.82) is 0 Å². The highest BCUT2D eigenvalue weighted by Crippen LogP contribution is 2.49. The molecular weight excluding hydrogens is 254 g/mol. The Hall–Kier alpha value is -1.43. The summed E-state index contributed by atoms with van der Waals surface area (Å²) in [5.74, 6) is 2.22. The molecular formula is C14H23N5O. The summed E-state index contributed by atoms with van der Waals surface area (Å²) in [6, 6.07) is 0.220. The van der Waals surface area contributed by atoms with Gasteiger partial charge in [0.1, 0.15) is 0 Å². The first kappa shape index (κ1) is 13.5. The summed E-state index contributed by atoms with van der Waals surface area (Å²) < 4.78 is 1.61. The molecule has 0 spiro atoms. The van der Waals surface area contributed by atoms with Gasteiger partial charge in [-0.1, -0.05) is 11.6 Å². The fraction of sp³-hybridized carbons (Fsp3) is 0.786. The van der Waals surface area contributed by atoms with Crippen molar-refractivity contribution in [3.05, 3.63) is 11.9 Å². The van der Waals surface area contributed by atoms with Gasteiger partial charge >= 0.3 is 0 Å². The maximum absolute atomic E-state index is 12.2. The number of rotatable bonds is 5. The summed E-state index contributed by atoms with van der Waals surface area (Å²) in [6.45, 7) is 3.20. The average Bonchev–Trinajstić information content (AvgIpc) is 3.14. The molecule has 2 aliphatic rings. The number of nitrogens with two attached hydrogens (primary N) is 1. The van der Waals surface area contributed by atoms with Gasteiger partial charge in [0.05, 0.1) is 12.7 Å². The Morgan fingerprint density at radius 3 is 3.05 bits per heavy atom. The van der Waals surface area contributed by atoms with Gasteiger partial charge in [-0.25, -0.2) is 0 Å². The number of amides is 1. The van der Waals surface area contributed by atoms with Crippen LogP contribution in [0.25, 0.3) is 0 Å². The molecule has 1 heterocycles. The summed E-state index contributed by atoms with van der Waals surface area (Å²) in [5.41, 5.74) is 5.84. The number of carbonyl (C=O) groups excluding carboxylic acids is 1. The van der Waals surface area contributed by atoms with Crippen molar-refractivity contribution in [3.8, 4) is 0 Å². The maximum Gasteiger partial charge on any atom is 0.273 e. The zero-order valence-electron chi connectivity index (χ0n) is 12.0. The van der Waals surface area contributed by atoms with Crippen molar-refractivity contribution in [2.75, 3.05) is 6.54 Å². The summed E-state index contributed by atoms with van der Waals surface area (Å²) >= 11 is 0. The Morgan fingerprint density at radius 2 is 2.40 bits per heavy atom. The minimum atomic E-state index is -0.122. The van der Waals surface area contributed by atoms with Gasteiger partial charge in [0, 0.05) is 12.6 Å². The Balaban J connectivity index is 1.57. The fourth-order valence-corrected chi connectivity index (χ4v) is 3.94. The van der Waals surface area contributed by atoms with E-state index in [9.17, 15) is 4.79 Å². The SMILES string of the molecule is CC(NC(=O)c1cn(CCN)nn1)C1CC2CCC1C2. The van der Waals surface area contributed by atoms with Crippen LogP contribution in [0.5, 0.6) is 0 Å². The zero-order valence-corrected chi connectivity index (χ0v) is 12.0. The molecule has 1 amide bonds. The van der Waals surface area contributed by atoms with Gasteiger partial charge in [-0.05, 0) is 43.9 Å². The van der Waals surface area contributed by atoms with E-state index in [-0.39, 0.29) is 11.9 Å². The van der Waals surface area contributed by atoms with Crippen molar-refractivity contribution in [2.24, 2.45) is 23.5 Å². The van der Waals surface area contributed by atoms with Gasteiger partial charge in [-0.3, -0.25) is 9.48 Å². The molecule has 6 heteroatoms. The fourth-order valence-electron chi connectivity index (χ4n) is 3.94. The van der Waals surface area contributed by atoms with Crippen LogP contribution in [0.4, 0.5) is 0 Å². The van der Waals surface area contributed by atoms with Gasteiger partial charge in [-0.15, -0.1) is 5.10 Å². The predicted octanol–water partition coefficient (Wildman–Crippen LogP) is 0.791. The van der Waals surface area contributed by atoms with E-state index < -0.39 is 0 Å². The largest absolute Gasteiger partial charge is 0.348 e. The molecule has 0 radical (unpaired) electrons. The van der Waals surface area contributed by atoms with Crippen molar-refractivity contribution in [2.45, 2.75) is 45.2 Å². The Bertz CT molecular complexity index is 486. The zero-order chi connectivity index (χ0) is 14.1. The average molecular weight is 277 g/mol. The number of carbonyl (C=O) groups is 1. The van der Waals surface area contributed by atoms with Crippen molar-refractivity contribution < 1.29 is 4.79 Å². The number of nitrogens with one attached hydrogen (secondary N) is 1. The summed E-state index contributed by atoms with van der Waals surface area (Å²) in [7, 11) is 0. The van der Waals surface area contributed by atoms with Crippen LogP contribution in [-0.2, 0) is 6.54 Å². The molecule has 1 aromatic heterocycles. The van der Waals surface area contributed by atoms with E-state index in [2.05, 4.69) is 22.6 Å². The lowest BCUT2D eigenvalue weighted by Gasteiger charge is -2.28. The van der Waals surface area contributed by atoms with E-state index in [0.717, 1.165) is 11.8 Å². The lowest BCUT2D eigenvalue weighted by Crippen LogP contribution is -2.40. The first-order valence-corrected chi connectivity index (χ1v) is 7.58. The van der Waals surface area contributed by atoms with Crippen molar-refractivity contribution in [3.63, 3.8) is 0 Å². The minimum Gasteiger partial charge on any atom is -0.348 e. The van der Waals surface area contributed by atoms with Crippen LogP contribution < -0.4 is 11.1 Å². The van der Waals surface area contributed by atoms with Crippen molar-refractivity contribution >= 4 is 5.91 Å². The van der Waals surface area contributed by atoms with Gasteiger partial charge < -0.3 is 11.1 Å². The summed E-state index contributed by atoms with van der Waals surface area (Å²) in [6.07, 6.45) is 7.01. The van der Waals surface area contributed by atoms with Gasteiger partial charge in [-0.2, -0.15) is 0 Å². The first-order chi connectivity index (χ1) is 9.67. The maximum atomic E-state index is 12.2. The molecule has 1 aromatic rings.